The van der Waals surface area contributed by atoms with Crippen LogP contribution in [0.1, 0.15) is 17.2 Å². The van der Waals surface area contributed by atoms with Crippen LogP contribution in [0.5, 0.6) is 0 Å². The summed E-state index contributed by atoms with van der Waals surface area (Å²) in [5, 5.41) is 0. The summed E-state index contributed by atoms with van der Waals surface area (Å²) in [7, 11) is 1.99. The summed E-state index contributed by atoms with van der Waals surface area (Å²) in [5.74, 6) is -0.216. The largest absolute Gasteiger partial charge is 0.472 e. The zero-order valence-electron chi connectivity index (χ0n) is 10.3. The van der Waals surface area contributed by atoms with Crippen molar-refractivity contribution in [3.8, 4) is 0 Å². The van der Waals surface area contributed by atoms with Crippen molar-refractivity contribution >= 4 is 0 Å². The Morgan fingerprint density at radius 2 is 2.00 bits per heavy atom. The molecule has 0 aliphatic rings. The first kappa shape index (κ1) is 12.8. The number of furan rings is 1. The molecule has 2 N–H and O–H groups in total. The zero-order valence-corrected chi connectivity index (χ0v) is 10.3. The molecule has 2 rings (SSSR count). The number of hydrogen-bond acceptors (Lipinski definition) is 3. The van der Waals surface area contributed by atoms with E-state index in [0.29, 0.717) is 13.1 Å². The fourth-order valence-electron chi connectivity index (χ4n) is 2.02. The second kappa shape index (κ2) is 5.80. The van der Waals surface area contributed by atoms with Gasteiger partial charge in [0.05, 0.1) is 18.6 Å². The lowest BCUT2D eigenvalue weighted by Crippen LogP contribution is -2.29. The van der Waals surface area contributed by atoms with E-state index in [1.54, 1.807) is 24.7 Å². The molecule has 1 unspecified atom stereocenters. The average molecular weight is 248 g/mol. The van der Waals surface area contributed by atoms with E-state index >= 15 is 0 Å². The van der Waals surface area contributed by atoms with Crippen molar-refractivity contribution in [3.63, 3.8) is 0 Å². The van der Waals surface area contributed by atoms with Crippen LogP contribution in [0.2, 0.25) is 0 Å². The van der Waals surface area contributed by atoms with Gasteiger partial charge in [-0.3, -0.25) is 4.90 Å². The van der Waals surface area contributed by atoms with Gasteiger partial charge in [0.1, 0.15) is 5.82 Å². The first-order valence-corrected chi connectivity index (χ1v) is 5.87. The monoisotopic (exact) mass is 248 g/mol. The molecule has 0 bridgehead atoms. The van der Waals surface area contributed by atoms with Gasteiger partial charge >= 0.3 is 0 Å². The van der Waals surface area contributed by atoms with E-state index in [1.807, 2.05) is 13.1 Å². The van der Waals surface area contributed by atoms with Crippen molar-refractivity contribution in [3.05, 3.63) is 59.8 Å². The number of benzene rings is 1. The lowest BCUT2D eigenvalue weighted by molar-refractivity contribution is 0.240. The Morgan fingerprint density at radius 3 is 2.56 bits per heavy atom. The normalized spacial score (nSPS) is 12.9. The Hall–Kier alpha value is -1.65. The quantitative estimate of drug-likeness (QED) is 0.884. The van der Waals surface area contributed by atoms with Gasteiger partial charge in [0.15, 0.2) is 0 Å². The van der Waals surface area contributed by atoms with Crippen LogP contribution in [0.4, 0.5) is 4.39 Å². The maximum absolute atomic E-state index is 12.8. The molecule has 2 aromatic rings. The third-order valence-electron chi connectivity index (χ3n) is 3.03. The molecule has 0 aliphatic heterocycles. The second-order valence-electron chi connectivity index (χ2n) is 4.35. The Labute approximate surface area is 106 Å². The van der Waals surface area contributed by atoms with E-state index < -0.39 is 0 Å². The van der Waals surface area contributed by atoms with Gasteiger partial charge in [0.2, 0.25) is 0 Å². The molecule has 0 amide bonds. The third-order valence-corrected chi connectivity index (χ3v) is 3.03. The minimum atomic E-state index is -0.216. The van der Waals surface area contributed by atoms with Crippen LogP contribution in [0.15, 0.2) is 47.3 Å². The third kappa shape index (κ3) is 2.97. The van der Waals surface area contributed by atoms with Crippen molar-refractivity contribution in [2.75, 3.05) is 13.6 Å². The highest BCUT2D eigenvalue weighted by Crippen LogP contribution is 2.20. The van der Waals surface area contributed by atoms with Crippen LogP contribution in [0.3, 0.4) is 0 Å². The molecule has 0 saturated heterocycles. The SMILES string of the molecule is CN(Cc1ccc(F)cc1)C(CN)c1ccoc1. The summed E-state index contributed by atoms with van der Waals surface area (Å²) in [6, 6.07) is 8.54. The summed E-state index contributed by atoms with van der Waals surface area (Å²) in [6.45, 7) is 1.23. The summed E-state index contributed by atoms with van der Waals surface area (Å²) in [5.41, 5.74) is 7.91. The molecule has 18 heavy (non-hydrogen) atoms. The fourth-order valence-corrected chi connectivity index (χ4v) is 2.02. The van der Waals surface area contributed by atoms with Gasteiger partial charge in [0.25, 0.3) is 0 Å². The van der Waals surface area contributed by atoms with Crippen molar-refractivity contribution in [2.24, 2.45) is 5.73 Å². The van der Waals surface area contributed by atoms with Crippen molar-refractivity contribution in [1.82, 2.24) is 4.90 Å². The van der Waals surface area contributed by atoms with E-state index in [2.05, 4.69) is 4.90 Å². The van der Waals surface area contributed by atoms with Gasteiger partial charge in [-0.05, 0) is 30.8 Å². The van der Waals surface area contributed by atoms with Gasteiger partial charge in [-0.2, -0.15) is 0 Å². The minimum absolute atomic E-state index is 0.105. The molecule has 4 heteroatoms. The van der Waals surface area contributed by atoms with Crippen LogP contribution in [0.25, 0.3) is 0 Å². The number of nitrogens with two attached hydrogens (primary N) is 1. The number of rotatable bonds is 5. The average Bonchev–Trinajstić information content (AvgIpc) is 2.87. The Balaban J connectivity index is 2.06. The maximum atomic E-state index is 12.8. The van der Waals surface area contributed by atoms with Crippen LogP contribution >= 0.6 is 0 Å². The molecule has 0 radical (unpaired) electrons. The molecule has 1 atom stereocenters. The van der Waals surface area contributed by atoms with Gasteiger partial charge in [0, 0.05) is 18.7 Å². The smallest absolute Gasteiger partial charge is 0.123 e. The standard InChI is InChI=1S/C14H17FN2O/c1-17(9-11-2-4-13(15)5-3-11)14(8-16)12-6-7-18-10-12/h2-7,10,14H,8-9,16H2,1H3. The van der Waals surface area contributed by atoms with E-state index in [0.717, 1.165) is 11.1 Å². The van der Waals surface area contributed by atoms with E-state index in [4.69, 9.17) is 10.2 Å². The zero-order chi connectivity index (χ0) is 13.0. The summed E-state index contributed by atoms with van der Waals surface area (Å²) < 4.78 is 17.9. The molecule has 0 spiro atoms. The van der Waals surface area contributed by atoms with Gasteiger partial charge in [-0.1, -0.05) is 12.1 Å². The fraction of sp³-hybridized carbons (Fsp3) is 0.286. The predicted molar refractivity (Wildman–Crippen MR) is 68.4 cm³/mol. The summed E-state index contributed by atoms with van der Waals surface area (Å²) in [4.78, 5) is 2.12. The Bertz CT molecular complexity index is 467. The van der Waals surface area contributed by atoms with Crippen LogP contribution in [-0.4, -0.2) is 18.5 Å². The first-order chi connectivity index (χ1) is 8.70. The Morgan fingerprint density at radius 1 is 1.28 bits per heavy atom. The summed E-state index contributed by atoms with van der Waals surface area (Å²) >= 11 is 0. The maximum Gasteiger partial charge on any atom is 0.123 e. The van der Waals surface area contributed by atoms with Gasteiger partial charge in [-0.25, -0.2) is 4.39 Å². The molecular weight excluding hydrogens is 231 g/mol. The second-order valence-corrected chi connectivity index (χ2v) is 4.35. The molecular formula is C14H17FN2O. The van der Waals surface area contributed by atoms with Gasteiger partial charge in [-0.15, -0.1) is 0 Å². The van der Waals surface area contributed by atoms with E-state index in [9.17, 15) is 4.39 Å². The summed E-state index contributed by atoms with van der Waals surface area (Å²) in [6.07, 6.45) is 3.35. The highest BCUT2D eigenvalue weighted by atomic mass is 19.1. The Kier molecular flexibility index (Phi) is 4.12. The van der Waals surface area contributed by atoms with Crippen molar-refractivity contribution in [1.29, 1.82) is 0 Å². The number of likely N-dealkylation sites (N-methyl/N-ethyl adjacent to an activating group) is 1. The van der Waals surface area contributed by atoms with Crippen molar-refractivity contribution < 1.29 is 8.81 Å². The lowest BCUT2D eigenvalue weighted by atomic mass is 10.1. The molecule has 0 fully saturated rings. The van der Waals surface area contributed by atoms with Gasteiger partial charge < -0.3 is 10.2 Å². The van der Waals surface area contributed by atoms with Crippen molar-refractivity contribution in [2.45, 2.75) is 12.6 Å². The molecule has 1 aromatic carbocycles. The highest BCUT2D eigenvalue weighted by Gasteiger charge is 2.16. The number of halogens is 1. The lowest BCUT2D eigenvalue weighted by Gasteiger charge is -2.26. The van der Waals surface area contributed by atoms with E-state index in [1.165, 1.54) is 12.1 Å². The minimum Gasteiger partial charge on any atom is -0.472 e. The molecule has 0 saturated carbocycles. The van der Waals surface area contributed by atoms with Crippen LogP contribution < -0.4 is 5.73 Å². The predicted octanol–water partition coefficient (Wildman–Crippen LogP) is 2.55. The van der Waals surface area contributed by atoms with Crippen LogP contribution in [0, 0.1) is 5.82 Å². The molecule has 0 aliphatic carbocycles. The highest BCUT2D eigenvalue weighted by molar-refractivity contribution is 5.17. The molecule has 1 aromatic heterocycles. The van der Waals surface area contributed by atoms with E-state index in [-0.39, 0.29) is 11.9 Å². The molecule has 96 valence electrons. The topological polar surface area (TPSA) is 42.4 Å². The number of nitrogens with zero attached hydrogens (tertiary/aromatic N) is 1. The van der Waals surface area contributed by atoms with Crippen LogP contribution in [-0.2, 0) is 6.54 Å². The number of hydrogen-bond donors (Lipinski definition) is 1. The molecule has 1 heterocycles. The molecule has 3 nitrogen and oxygen atoms in total. The first-order valence-electron chi connectivity index (χ1n) is 5.87.